The van der Waals surface area contributed by atoms with Crippen LogP contribution in [0.2, 0.25) is 0 Å². The average Bonchev–Trinajstić information content (AvgIpc) is 2.85. The van der Waals surface area contributed by atoms with Crippen LogP contribution < -0.4 is 10.9 Å². The molecule has 0 spiro atoms. The maximum Gasteiger partial charge on any atom is 0.261 e. The normalized spacial score (nSPS) is 15.8. The van der Waals surface area contributed by atoms with Crippen molar-refractivity contribution >= 4 is 32.5 Å². The molecular weight excluding hydrogens is 459 g/mol. The third kappa shape index (κ3) is 5.16. The smallest absolute Gasteiger partial charge is 0.261 e. The Morgan fingerprint density at radius 1 is 1.18 bits per heavy atom. The Hall–Kier alpha value is -3.14. The molecule has 1 atom stereocenters. The van der Waals surface area contributed by atoms with Crippen molar-refractivity contribution in [2.24, 2.45) is 5.92 Å². The van der Waals surface area contributed by atoms with Crippen LogP contribution in [0.4, 0.5) is 10.2 Å². The number of carbonyl (C=O) groups is 1. The van der Waals surface area contributed by atoms with E-state index in [4.69, 9.17) is 0 Å². The highest BCUT2D eigenvalue weighted by molar-refractivity contribution is 7.91. The molecule has 180 valence electrons. The largest absolute Gasteiger partial charge is 0.309 e. The molecule has 3 aromatic rings. The van der Waals surface area contributed by atoms with Crippen LogP contribution in [-0.4, -0.2) is 34.6 Å². The summed E-state index contributed by atoms with van der Waals surface area (Å²) in [5.74, 6) is -0.535. The SMILES string of the molecule is CCS(=O)(=O)c1ccc2c(=O)n(C(CC3CCCCC3)C(=O)Nc3ccc(F)cn3)cnc2c1. The van der Waals surface area contributed by atoms with Gasteiger partial charge in [-0.05, 0) is 42.7 Å². The number of carbonyl (C=O) groups excluding carboxylic acids is 1. The maximum absolute atomic E-state index is 13.4. The molecular formula is C24H27FN4O4S. The van der Waals surface area contributed by atoms with Gasteiger partial charge in [0.25, 0.3) is 5.56 Å². The molecule has 34 heavy (non-hydrogen) atoms. The first-order valence-corrected chi connectivity index (χ1v) is 13.1. The molecule has 4 rings (SSSR count). The zero-order chi connectivity index (χ0) is 24.3. The van der Waals surface area contributed by atoms with E-state index >= 15 is 0 Å². The van der Waals surface area contributed by atoms with Gasteiger partial charge >= 0.3 is 0 Å². The van der Waals surface area contributed by atoms with Crippen LogP contribution in [0.25, 0.3) is 10.9 Å². The van der Waals surface area contributed by atoms with Crippen LogP contribution in [-0.2, 0) is 14.6 Å². The highest BCUT2D eigenvalue weighted by Crippen LogP contribution is 2.31. The van der Waals surface area contributed by atoms with Crippen LogP contribution in [0.3, 0.4) is 0 Å². The number of hydrogen-bond acceptors (Lipinski definition) is 6. The predicted molar refractivity (Wildman–Crippen MR) is 127 cm³/mol. The summed E-state index contributed by atoms with van der Waals surface area (Å²) in [4.78, 5) is 35.0. The number of nitrogens with one attached hydrogen (secondary N) is 1. The summed E-state index contributed by atoms with van der Waals surface area (Å²) in [6.45, 7) is 1.55. The number of hydrogen-bond donors (Lipinski definition) is 1. The lowest BCUT2D eigenvalue weighted by molar-refractivity contribution is -0.120. The fourth-order valence-electron chi connectivity index (χ4n) is 4.44. The van der Waals surface area contributed by atoms with Gasteiger partial charge in [0.15, 0.2) is 9.84 Å². The monoisotopic (exact) mass is 486 g/mol. The van der Waals surface area contributed by atoms with Crippen LogP contribution in [0, 0.1) is 11.7 Å². The molecule has 0 radical (unpaired) electrons. The minimum Gasteiger partial charge on any atom is -0.309 e. The molecule has 1 amide bonds. The van der Waals surface area contributed by atoms with E-state index < -0.39 is 33.2 Å². The lowest BCUT2D eigenvalue weighted by Crippen LogP contribution is -2.35. The Morgan fingerprint density at radius 2 is 1.94 bits per heavy atom. The van der Waals surface area contributed by atoms with Crippen molar-refractivity contribution in [3.8, 4) is 0 Å². The van der Waals surface area contributed by atoms with Crippen molar-refractivity contribution < 1.29 is 17.6 Å². The van der Waals surface area contributed by atoms with E-state index in [1.807, 2.05) is 0 Å². The number of anilines is 1. The van der Waals surface area contributed by atoms with Crippen molar-refractivity contribution in [2.45, 2.75) is 56.4 Å². The number of fused-ring (bicyclic) bond motifs is 1. The molecule has 1 aromatic carbocycles. The first-order valence-electron chi connectivity index (χ1n) is 11.4. The number of pyridine rings is 1. The minimum atomic E-state index is -3.45. The third-order valence-corrected chi connectivity index (χ3v) is 8.13. The van der Waals surface area contributed by atoms with E-state index in [1.165, 1.54) is 41.2 Å². The summed E-state index contributed by atoms with van der Waals surface area (Å²) < 4.78 is 39.0. The van der Waals surface area contributed by atoms with Crippen LogP contribution in [0.5, 0.6) is 0 Å². The molecule has 0 bridgehead atoms. The van der Waals surface area contributed by atoms with E-state index in [-0.39, 0.29) is 33.3 Å². The molecule has 0 aliphatic heterocycles. The van der Waals surface area contributed by atoms with Crippen molar-refractivity contribution in [1.82, 2.24) is 14.5 Å². The Kier molecular flexibility index (Phi) is 7.06. The van der Waals surface area contributed by atoms with E-state index in [0.717, 1.165) is 38.3 Å². The number of benzene rings is 1. The van der Waals surface area contributed by atoms with Gasteiger partial charge in [-0.15, -0.1) is 0 Å². The van der Waals surface area contributed by atoms with Gasteiger partial charge in [-0.3, -0.25) is 14.2 Å². The van der Waals surface area contributed by atoms with Crippen molar-refractivity contribution in [3.05, 3.63) is 59.0 Å². The summed E-state index contributed by atoms with van der Waals surface area (Å²) in [5, 5.41) is 2.92. The van der Waals surface area contributed by atoms with Gasteiger partial charge in [0.2, 0.25) is 5.91 Å². The Morgan fingerprint density at radius 3 is 2.62 bits per heavy atom. The molecule has 10 heteroatoms. The summed E-state index contributed by atoms with van der Waals surface area (Å²) >= 11 is 0. The number of halogens is 1. The van der Waals surface area contributed by atoms with Gasteiger partial charge in [-0.2, -0.15) is 0 Å². The van der Waals surface area contributed by atoms with Gasteiger partial charge in [0.1, 0.15) is 17.7 Å². The molecule has 2 heterocycles. The van der Waals surface area contributed by atoms with Gasteiger partial charge in [-0.1, -0.05) is 39.0 Å². The Labute approximate surface area is 197 Å². The minimum absolute atomic E-state index is 0.0589. The number of nitrogens with zero attached hydrogens (tertiary/aromatic N) is 3. The second kappa shape index (κ2) is 10.0. The van der Waals surface area contributed by atoms with Gasteiger partial charge in [-0.25, -0.2) is 22.8 Å². The summed E-state index contributed by atoms with van der Waals surface area (Å²) in [6, 6.07) is 5.96. The van der Waals surface area contributed by atoms with E-state index in [0.29, 0.717) is 6.42 Å². The van der Waals surface area contributed by atoms with E-state index in [2.05, 4.69) is 15.3 Å². The van der Waals surface area contributed by atoms with Gasteiger partial charge in [0.05, 0.1) is 34.1 Å². The summed E-state index contributed by atoms with van der Waals surface area (Å²) in [7, 11) is -3.45. The van der Waals surface area contributed by atoms with Crippen molar-refractivity contribution in [3.63, 3.8) is 0 Å². The molecule has 1 unspecified atom stereocenters. The topological polar surface area (TPSA) is 111 Å². The molecule has 2 aromatic heterocycles. The maximum atomic E-state index is 13.4. The number of amides is 1. The fourth-order valence-corrected chi connectivity index (χ4v) is 5.34. The standard InChI is InChI=1S/C24H27FN4O4S/c1-2-34(32,33)18-9-10-19-20(13-18)27-15-29(24(19)31)21(12-16-6-4-3-5-7-16)23(30)28-22-11-8-17(25)14-26-22/h8-11,13-16,21H,2-7,12H2,1H3,(H,26,28,30). The number of aromatic nitrogens is 3. The van der Waals surface area contributed by atoms with Crippen molar-refractivity contribution in [1.29, 1.82) is 0 Å². The lowest BCUT2D eigenvalue weighted by atomic mass is 9.84. The van der Waals surface area contributed by atoms with Gasteiger partial charge < -0.3 is 5.32 Å². The second-order valence-electron chi connectivity index (χ2n) is 8.65. The zero-order valence-corrected chi connectivity index (χ0v) is 19.7. The van der Waals surface area contributed by atoms with Crippen molar-refractivity contribution in [2.75, 3.05) is 11.1 Å². The Balaban J connectivity index is 1.71. The van der Waals surface area contributed by atoms with Gasteiger partial charge in [0, 0.05) is 0 Å². The summed E-state index contributed by atoms with van der Waals surface area (Å²) in [6.07, 6.45) is 8.06. The average molecular weight is 487 g/mol. The molecule has 1 aliphatic carbocycles. The molecule has 1 fully saturated rings. The molecule has 1 aliphatic rings. The highest BCUT2D eigenvalue weighted by atomic mass is 32.2. The first kappa shape index (κ1) is 24.0. The number of rotatable bonds is 7. The molecule has 1 saturated carbocycles. The molecule has 1 N–H and O–H groups in total. The molecule has 0 saturated heterocycles. The first-order chi connectivity index (χ1) is 16.3. The fraction of sp³-hybridized carbons (Fsp3) is 0.417. The quantitative estimate of drug-likeness (QED) is 0.543. The highest BCUT2D eigenvalue weighted by Gasteiger charge is 2.28. The van der Waals surface area contributed by atoms with E-state index in [9.17, 15) is 22.4 Å². The zero-order valence-electron chi connectivity index (χ0n) is 18.9. The molecule has 8 nitrogen and oxygen atoms in total. The predicted octanol–water partition coefficient (Wildman–Crippen LogP) is 3.87. The van der Waals surface area contributed by atoms with E-state index in [1.54, 1.807) is 6.92 Å². The van der Waals surface area contributed by atoms with Crippen LogP contribution >= 0.6 is 0 Å². The second-order valence-corrected chi connectivity index (χ2v) is 10.9. The van der Waals surface area contributed by atoms with Crippen LogP contribution in [0.1, 0.15) is 51.5 Å². The lowest BCUT2D eigenvalue weighted by Gasteiger charge is -2.27. The third-order valence-electron chi connectivity index (χ3n) is 6.39. The summed E-state index contributed by atoms with van der Waals surface area (Å²) in [5.41, 5.74) is -0.165. The van der Waals surface area contributed by atoms with Crippen LogP contribution in [0.15, 0.2) is 52.5 Å². The number of sulfone groups is 1. The Bertz CT molecular complexity index is 1350.